The summed E-state index contributed by atoms with van der Waals surface area (Å²) in [5, 5.41) is 10.8. The summed E-state index contributed by atoms with van der Waals surface area (Å²) in [5.74, 6) is -0.0920. The van der Waals surface area contributed by atoms with Crippen LogP contribution < -0.4 is 0 Å². The largest absolute Gasteiger partial charge is 0.269 e. The quantitative estimate of drug-likeness (QED) is 0.554. The molecule has 1 aliphatic carbocycles. The fourth-order valence-corrected chi connectivity index (χ4v) is 1.56. The van der Waals surface area contributed by atoms with Crippen molar-refractivity contribution in [1.29, 1.82) is 0 Å². The molecule has 2 nitrogen and oxygen atoms in total. The first-order valence-corrected chi connectivity index (χ1v) is 4.02. The predicted molar refractivity (Wildman–Crippen MR) is 41.0 cm³/mol. The molecule has 0 aromatic carbocycles. The number of hydrogen-bond acceptors (Lipinski definition) is 1. The van der Waals surface area contributed by atoms with Gasteiger partial charge in [-0.05, 0) is 31.2 Å². The van der Waals surface area contributed by atoms with Crippen molar-refractivity contribution in [2.75, 3.05) is 0 Å². The van der Waals surface area contributed by atoms with Crippen molar-refractivity contribution in [3.63, 3.8) is 0 Å². The van der Waals surface area contributed by atoms with Gasteiger partial charge in [-0.15, -0.1) is 0 Å². The lowest BCUT2D eigenvalue weighted by molar-refractivity contribution is 0.335. The molecular weight excluding hydrogens is 138 g/mol. The molecule has 1 aliphatic rings. The number of aryl methyl sites for hydroxylation is 2. The Hall–Kier alpha value is -1.05. The lowest BCUT2D eigenvalue weighted by Gasteiger charge is -2.12. The van der Waals surface area contributed by atoms with Crippen molar-refractivity contribution in [3.8, 4) is 5.88 Å². The fraction of sp³-hybridized carbons (Fsp3) is 0.444. The normalized spacial score (nSPS) is 16.0. The summed E-state index contributed by atoms with van der Waals surface area (Å²) in [6, 6.07) is 3.48. The molecule has 11 heavy (non-hydrogen) atoms. The number of nitrogens with zero attached hydrogens (tertiary/aromatic N) is 1. The van der Waals surface area contributed by atoms with Crippen molar-refractivity contribution in [1.82, 2.24) is 4.98 Å². The summed E-state index contributed by atoms with van der Waals surface area (Å²) in [6.07, 6.45) is 4.52. The Bertz CT molecular complexity index is 270. The van der Waals surface area contributed by atoms with E-state index in [4.69, 9.17) is 0 Å². The van der Waals surface area contributed by atoms with E-state index in [2.05, 4.69) is 4.98 Å². The molecule has 2 heteroatoms. The summed E-state index contributed by atoms with van der Waals surface area (Å²) in [7, 11) is 0. The van der Waals surface area contributed by atoms with Crippen molar-refractivity contribution in [2.24, 2.45) is 0 Å². The van der Waals surface area contributed by atoms with Crippen LogP contribution in [0.15, 0.2) is 12.1 Å². The molecule has 0 atom stereocenters. The van der Waals surface area contributed by atoms with E-state index in [1.165, 1.54) is 18.4 Å². The predicted octanol–water partition coefficient (Wildman–Crippen LogP) is 2.10. The zero-order valence-electron chi connectivity index (χ0n) is 6.34. The number of hydrogen-bond donors (Lipinski definition) is 0. The van der Waals surface area contributed by atoms with Crippen LogP contribution in [0.5, 0.6) is 5.88 Å². The Labute approximate surface area is 65.9 Å². The highest BCUT2D eigenvalue weighted by Crippen LogP contribution is 2.21. The maximum atomic E-state index is 10.8. The molecule has 0 spiro atoms. The molecule has 0 N–H and O–H groups in total. The minimum Gasteiger partial charge on any atom is -0.267 e. The van der Waals surface area contributed by atoms with Gasteiger partial charge in [-0.1, -0.05) is 6.07 Å². The van der Waals surface area contributed by atoms with E-state index in [-0.39, 0.29) is 5.88 Å². The molecule has 0 bridgehead atoms. The van der Waals surface area contributed by atoms with E-state index in [9.17, 15) is 5.11 Å². The summed E-state index contributed by atoms with van der Waals surface area (Å²) in [5.41, 5.74) is 2.31. The van der Waals surface area contributed by atoms with Gasteiger partial charge >= 0.3 is 0 Å². The van der Waals surface area contributed by atoms with Crippen LogP contribution >= 0.6 is 0 Å². The van der Waals surface area contributed by atoms with Gasteiger partial charge in [-0.3, -0.25) is 5.11 Å². The minimum absolute atomic E-state index is 0.0920. The van der Waals surface area contributed by atoms with Crippen LogP contribution in [0, 0.1) is 0 Å². The van der Waals surface area contributed by atoms with Crippen LogP contribution in [-0.4, -0.2) is 4.98 Å². The van der Waals surface area contributed by atoms with Gasteiger partial charge in [0.1, 0.15) is 0 Å². The number of fused-ring (bicyclic) bond motifs is 1. The maximum Gasteiger partial charge on any atom is 0.269 e. The van der Waals surface area contributed by atoms with Crippen LogP contribution in [0.25, 0.3) is 0 Å². The highest BCUT2D eigenvalue weighted by atomic mass is 16.3. The van der Waals surface area contributed by atoms with E-state index in [0.717, 1.165) is 18.5 Å². The average Bonchev–Trinajstić information content (AvgIpc) is 2.04. The monoisotopic (exact) mass is 148 g/mol. The van der Waals surface area contributed by atoms with Crippen LogP contribution in [-0.2, 0) is 17.9 Å². The van der Waals surface area contributed by atoms with Gasteiger partial charge < -0.3 is 0 Å². The lowest BCUT2D eigenvalue weighted by Crippen LogP contribution is -2.03. The standard InChI is InChI=1S/C9H10NO/c11-9-6-5-7-3-1-2-4-8(7)10-9/h5-6H,1-4H2. The van der Waals surface area contributed by atoms with Crippen LogP contribution in [0.1, 0.15) is 24.1 Å². The molecular formula is C9H10NO. The first-order valence-electron chi connectivity index (χ1n) is 4.02. The van der Waals surface area contributed by atoms with Crippen molar-refractivity contribution >= 4 is 0 Å². The maximum absolute atomic E-state index is 10.8. The van der Waals surface area contributed by atoms with E-state index in [0.29, 0.717) is 0 Å². The summed E-state index contributed by atoms with van der Waals surface area (Å²) in [4.78, 5) is 3.96. The molecule has 1 aromatic heterocycles. The summed E-state index contributed by atoms with van der Waals surface area (Å²) in [6.45, 7) is 0. The van der Waals surface area contributed by atoms with Crippen molar-refractivity contribution in [3.05, 3.63) is 23.4 Å². The van der Waals surface area contributed by atoms with Crippen molar-refractivity contribution in [2.45, 2.75) is 25.7 Å². The number of pyridine rings is 1. The molecule has 57 valence electrons. The minimum atomic E-state index is -0.0920. The molecule has 0 fully saturated rings. The second-order valence-electron chi connectivity index (χ2n) is 2.96. The van der Waals surface area contributed by atoms with E-state index in [1.807, 2.05) is 6.07 Å². The van der Waals surface area contributed by atoms with E-state index >= 15 is 0 Å². The van der Waals surface area contributed by atoms with Gasteiger partial charge in [0.05, 0.1) is 0 Å². The number of aromatic nitrogens is 1. The third-order valence-corrected chi connectivity index (χ3v) is 2.15. The van der Waals surface area contributed by atoms with Gasteiger partial charge in [0.15, 0.2) is 0 Å². The molecule has 0 saturated heterocycles. The molecule has 1 aromatic rings. The highest BCUT2D eigenvalue weighted by molar-refractivity contribution is 5.26. The van der Waals surface area contributed by atoms with Crippen LogP contribution in [0.3, 0.4) is 0 Å². The van der Waals surface area contributed by atoms with Gasteiger partial charge in [-0.2, -0.15) is 0 Å². The Morgan fingerprint density at radius 2 is 2.00 bits per heavy atom. The summed E-state index contributed by atoms with van der Waals surface area (Å²) >= 11 is 0. The van der Waals surface area contributed by atoms with Crippen LogP contribution in [0.2, 0.25) is 0 Å². The van der Waals surface area contributed by atoms with Gasteiger partial charge in [0.25, 0.3) is 5.88 Å². The molecule has 0 saturated carbocycles. The average molecular weight is 148 g/mol. The fourth-order valence-electron chi connectivity index (χ4n) is 1.56. The highest BCUT2D eigenvalue weighted by Gasteiger charge is 2.10. The van der Waals surface area contributed by atoms with E-state index < -0.39 is 0 Å². The van der Waals surface area contributed by atoms with E-state index in [1.54, 1.807) is 6.07 Å². The zero-order valence-corrected chi connectivity index (χ0v) is 6.34. The third-order valence-electron chi connectivity index (χ3n) is 2.15. The van der Waals surface area contributed by atoms with Crippen LogP contribution in [0.4, 0.5) is 0 Å². The van der Waals surface area contributed by atoms with Gasteiger partial charge in [0, 0.05) is 11.8 Å². The topological polar surface area (TPSA) is 32.8 Å². The Balaban J connectivity index is 2.43. The molecule has 0 aliphatic heterocycles. The SMILES string of the molecule is [O]c1ccc2c(n1)CCCC2. The molecule has 1 heterocycles. The summed E-state index contributed by atoms with van der Waals surface area (Å²) < 4.78 is 0. The molecule has 0 unspecified atom stereocenters. The third kappa shape index (κ3) is 1.20. The molecule has 2 rings (SSSR count). The first-order chi connectivity index (χ1) is 5.36. The number of rotatable bonds is 0. The molecule has 1 radical (unpaired) electrons. The second kappa shape index (κ2) is 2.53. The molecule has 0 amide bonds. The first kappa shape index (κ1) is 6.65. The second-order valence-corrected chi connectivity index (χ2v) is 2.96. The Kier molecular flexibility index (Phi) is 1.53. The zero-order chi connectivity index (χ0) is 7.68. The Morgan fingerprint density at radius 3 is 2.91 bits per heavy atom. The lowest BCUT2D eigenvalue weighted by atomic mass is 9.96. The van der Waals surface area contributed by atoms with Crippen molar-refractivity contribution < 1.29 is 5.11 Å². The Morgan fingerprint density at radius 1 is 1.18 bits per heavy atom. The van der Waals surface area contributed by atoms with Gasteiger partial charge in [-0.25, -0.2) is 4.98 Å². The van der Waals surface area contributed by atoms with Gasteiger partial charge in [0.2, 0.25) is 0 Å². The smallest absolute Gasteiger partial charge is 0.267 e.